The summed E-state index contributed by atoms with van der Waals surface area (Å²) < 4.78 is 0. The molecule has 2 atom stereocenters. The number of hydrogen-bond acceptors (Lipinski definition) is 4. The lowest BCUT2D eigenvalue weighted by Crippen LogP contribution is -2.48. The van der Waals surface area contributed by atoms with Gasteiger partial charge in [0, 0.05) is 5.69 Å². The summed E-state index contributed by atoms with van der Waals surface area (Å²) in [6, 6.07) is 4.82. The van der Waals surface area contributed by atoms with Crippen molar-refractivity contribution in [2.45, 2.75) is 51.9 Å². The van der Waals surface area contributed by atoms with Gasteiger partial charge in [0.05, 0.1) is 5.56 Å². The van der Waals surface area contributed by atoms with Crippen LogP contribution in [0.1, 0.15) is 49.5 Å². The van der Waals surface area contributed by atoms with Crippen molar-refractivity contribution in [3.8, 4) is 0 Å². The zero-order valence-electron chi connectivity index (χ0n) is 12.2. The van der Waals surface area contributed by atoms with Crippen molar-refractivity contribution >= 4 is 11.7 Å². The SMILES string of the molecule is CCc1cc(NC(O)(CC)C(O)CC)ccc1C(=O)O. The highest BCUT2D eigenvalue weighted by molar-refractivity contribution is 5.90. The fourth-order valence-corrected chi connectivity index (χ4v) is 2.17. The lowest BCUT2D eigenvalue weighted by molar-refractivity contribution is -0.0575. The molecule has 0 aromatic heterocycles. The molecule has 1 rings (SSSR count). The molecule has 1 aromatic rings. The van der Waals surface area contributed by atoms with E-state index in [2.05, 4.69) is 5.32 Å². The molecule has 1 aromatic carbocycles. The maximum absolute atomic E-state index is 11.1. The second kappa shape index (κ2) is 6.72. The molecule has 0 radical (unpaired) electrons. The van der Waals surface area contributed by atoms with Crippen LogP contribution in [0.25, 0.3) is 0 Å². The Morgan fingerprint density at radius 1 is 1.35 bits per heavy atom. The van der Waals surface area contributed by atoms with E-state index in [4.69, 9.17) is 5.11 Å². The van der Waals surface area contributed by atoms with Crippen LogP contribution in [-0.2, 0) is 6.42 Å². The third-order valence-electron chi connectivity index (χ3n) is 3.55. The number of carboxylic acid groups (broad SMARTS) is 1. The first kappa shape index (κ1) is 16.5. The molecule has 5 heteroatoms. The maximum Gasteiger partial charge on any atom is 0.335 e. The van der Waals surface area contributed by atoms with Crippen LogP contribution in [0, 0.1) is 0 Å². The van der Waals surface area contributed by atoms with E-state index in [9.17, 15) is 15.0 Å². The molecule has 0 aliphatic heterocycles. The summed E-state index contributed by atoms with van der Waals surface area (Å²) in [5, 5.41) is 32.3. The highest BCUT2D eigenvalue weighted by Crippen LogP contribution is 2.24. The minimum absolute atomic E-state index is 0.258. The molecule has 0 aliphatic carbocycles. The Balaban J connectivity index is 3.06. The largest absolute Gasteiger partial charge is 0.478 e. The molecule has 2 unspecified atom stereocenters. The molecule has 0 saturated heterocycles. The maximum atomic E-state index is 11.1. The summed E-state index contributed by atoms with van der Waals surface area (Å²) in [6.07, 6.45) is 0.449. The molecule has 5 nitrogen and oxygen atoms in total. The van der Waals surface area contributed by atoms with Crippen LogP contribution < -0.4 is 5.32 Å². The second-order valence-corrected chi connectivity index (χ2v) is 4.86. The number of benzene rings is 1. The van der Waals surface area contributed by atoms with Gasteiger partial charge in [0.15, 0.2) is 5.72 Å². The average Bonchev–Trinajstić information content (AvgIpc) is 2.45. The third-order valence-corrected chi connectivity index (χ3v) is 3.55. The van der Waals surface area contributed by atoms with Gasteiger partial charge in [-0.2, -0.15) is 0 Å². The van der Waals surface area contributed by atoms with E-state index < -0.39 is 17.8 Å². The van der Waals surface area contributed by atoms with E-state index in [1.54, 1.807) is 26.0 Å². The fourth-order valence-electron chi connectivity index (χ4n) is 2.17. The first-order valence-electron chi connectivity index (χ1n) is 6.92. The molecule has 20 heavy (non-hydrogen) atoms. The highest BCUT2D eigenvalue weighted by Gasteiger charge is 2.32. The van der Waals surface area contributed by atoms with Gasteiger partial charge in [-0.25, -0.2) is 4.79 Å². The normalized spacial score (nSPS) is 15.4. The Hall–Kier alpha value is -1.59. The first-order valence-corrected chi connectivity index (χ1v) is 6.92. The van der Waals surface area contributed by atoms with Crippen molar-refractivity contribution < 1.29 is 20.1 Å². The van der Waals surface area contributed by atoms with Crippen molar-refractivity contribution in [3.05, 3.63) is 29.3 Å². The average molecular weight is 281 g/mol. The van der Waals surface area contributed by atoms with Gasteiger partial charge in [-0.05, 0) is 43.0 Å². The number of aliphatic hydroxyl groups excluding tert-OH is 1. The Morgan fingerprint density at radius 2 is 2.00 bits per heavy atom. The first-order chi connectivity index (χ1) is 9.37. The molecule has 0 bridgehead atoms. The molecular weight excluding hydrogens is 258 g/mol. The van der Waals surface area contributed by atoms with Gasteiger partial charge in [-0.15, -0.1) is 0 Å². The monoisotopic (exact) mass is 281 g/mol. The lowest BCUT2D eigenvalue weighted by atomic mass is 9.99. The van der Waals surface area contributed by atoms with Crippen molar-refractivity contribution in [2.24, 2.45) is 0 Å². The van der Waals surface area contributed by atoms with E-state index >= 15 is 0 Å². The predicted octanol–water partition coefficient (Wildman–Crippen LogP) is 2.23. The summed E-state index contributed by atoms with van der Waals surface area (Å²) in [4.78, 5) is 11.1. The van der Waals surface area contributed by atoms with Crippen molar-refractivity contribution in [3.63, 3.8) is 0 Å². The summed E-state index contributed by atoms with van der Waals surface area (Å²) in [7, 11) is 0. The number of nitrogens with one attached hydrogen (secondary N) is 1. The van der Waals surface area contributed by atoms with E-state index in [0.717, 1.165) is 0 Å². The summed E-state index contributed by atoms with van der Waals surface area (Å²) in [5.41, 5.74) is 0.134. The Morgan fingerprint density at radius 3 is 2.45 bits per heavy atom. The Bertz CT molecular complexity index is 475. The van der Waals surface area contributed by atoms with Crippen LogP contribution in [0.3, 0.4) is 0 Å². The van der Waals surface area contributed by atoms with E-state index in [0.29, 0.717) is 30.5 Å². The number of carboxylic acids is 1. The van der Waals surface area contributed by atoms with Crippen LogP contribution in [0.2, 0.25) is 0 Å². The van der Waals surface area contributed by atoms with Gasteiger partial charge >= 0.3 is 5.97 Å². The Labute approximate surface area is 119 Å². The molecule has 0 saturated carbocycles. The molecular formula is C15H23NO4. The quantitative estimate of drug-likeness (QED) is 0.575. The topological polar surface area (TPSA) is 89.8 Å². The van der Waals surface area contributed by atoms with Gasteiger partial charge in [0.2, 0.25) is 0 Å². The fraction of sp³-hybridized carbons (Fsp3) is 0.533. The van der Waals surface area contributed by atoms with Crippen LogP contribution in [-0.4, -0.2) is 33.1 Å². The molecule has 112 valence electrons. The van der Waals surface area contributed by atoms with E-state index in [1.807, 2.05) is 6.92 Å². The lowest BCUT2D eigenvalue weighted by Gasteiger charge is -2.33. The number of carbonyl (C=O) groups is 1. The second-order valence-electron chi connectivity index (χ2n) is 4.86. The highest BCUT2D eigenvalue weighted by atomic mass is 16.4. The minimum atomic E-state index is -1.41. The number of aryl methyl sites for hydroxylation is 1. The molecule has 0 fully saturated rings. The minimum Gasteiger partial charge on any atom is -0.478 e. The summed E-state index contributed by atoms with van der Waals surface area (Å²) in [5.74, 6) is -0.965. The smallest absolute Gasteiger partial charge is 0.335 e. The zero-order chi connectivity index (χ0) is 15.3. The van der Waals surface area contributed by atoms with E-state index in [-0.39, 0.29) is 5.56 Å². The van der Waals surface area contributed by atoms with Gasteiger partial charge in [-0.3, -0.25) is 0 Å². The van der Waals surface area contributed by atoms with E-state index in [1.165, 1.54) is 6.07 Å². The van der Waals surface area contributed by atoms with Crippen molar-refractivity contribution in [1.82, 2.24) is 0 Å². The van der Waals surface area contributed by atoms with Crippen molar-refractivity contribution in [2.75, 3.05) is 5.32 Å². The summed E-state index contributed by atoms with van der Waals surface area (Å²) in [6.45, 7) is 5.44. The summed E-state index contributed by atoms with van der Waals surface area (Å²) >= 11 is 0. The zero-order valence-corrected chi connectivity index (χ0v) is 12.2. The van der Waals surface area contributed by atoms with Gasteiger partial charge in [0.25, 0.3) is 0 Å². The number of hydrogen-bond donors (Lipinski definition) is 4. The van der Waals surface area contributed by atoms with Crippen molar-refractivity contribution in [1.29, 1.82) is 0 Å². The molecule has 0 heterocycles. The van der Waals surface area contributed by atoms with Gasteiger partial charge in [-0.1, -0.05) is 20.8 Å². The molecule has 4 N–H and O–H groups in total. The van der Waals surface area contributed by atoms with Gasteiger partial charge in [0.1, 0.15) is 6.10 Å². The van der Waals surface area contributed by atoms with Crippen LogP contribution in [0.4, 0.5) is 5.69 Å². The predicted molar refractivity (Wildman–Crippen MR) is 77.9 cm³/mol. The number of aliphatic hydroxyl groups is 2. The number of rotatable bonds is 7. The molecule has 0 aliphatic rings. The molecule has 0 spiro atoms. The standard InChI is InChI=1S/C15H23NO4/c1-4-10-9-11(7-8-12(10)14(18)19)16-15(20,6-3)13(17)5-2/h7-9,13,16-17,20H,4-6H2,1-3H3,(H,18,19). The van der Waals surface area contributed by atoms with Gasteiger partial charge < -0.3 is 20.6 Å². The Kier molecular flexibility index (Phi) is 5.53. The number of aromatic carboxylic acids is 1. The number of anilines is 1. The van der Waals surface area contributed by atoms with Crippen LogP contribution in [0.15, 0.2) is 18.2 Å². The third kappa shape index (κ3) is 3.49. The molecule has 0 amide bonds. The van der Waals surface area contributed by atoms with Crippen LogP contribution >= 0.6 is 0 Å². The van der Waals surface area contributed by atoms with Crippen LogP contribution in [0.5, 0.6) is 0 Å².